The predicted molar refractivity (Wildman–Crippen MR) is 115 cm³/mol. The molecule has 33 heavy (non-hydrogen) atoms. The number of aryl methyl sites for hydroxylation is 2. The summed E-state index contributed by atoms with van der Waals surface area (Å²) in [7, 11) is -4.75. The number of halogens is 3. The van der Waals surface area contributed by atoms with Crippen LogP contribution in [0.5, 0.6) is 0 Å². The van der Waals surface area contributed by atoms with Gasteiger partial charge < -0.3 is 0 Å². The van der Waals surface area contributed by atoms with Crippen LogP contribution in [0.1, 0.15) is 37.4 Å². The summed E-state index contributed by atoms with van der Waals surface area (Å²) in [6, 6.07) is 14.7. The molecule has 0 spiro atoms. The first-order chi connectivity index (χ1) is 15.4. The minimum absolute atomic E-state index is 0.0414. The van der Waals surface area contributed by atoms with Crippen LogP contribution in [0.15, 0.2) is 77.7 Å². The van der Waals surface area contributed by atoms with E-state index in [1.807, 2.05) is 0 Å². The van der Waals surface area contributed by atoms with Gasteiger partial charge in [0.2, 0.25) is 0 Å². The van der Waals surface area contributed by atoms with Crippen LogP contribution >= 0.6 is 0 Å². The van der Waals surface area contributed by atoms with Gasteiger partial charge >= 0.3 is 6.18 Å². The Morgan fingerprint density at radius 3 is 1.67 bits per heavy atom. The van der Waals surface area contributed by atoms with Crippen LogP contribution in [0.3, 0.4) is 0 Å². The Balaban J connectivity index is 2.02. The number of carbonyl (C=O) groups excluding carboxylic acids is 2. The second kappa shape index (κ2) is 9.07. The lowest BCUT2D eigenvalue weighted by Crippen LogP contribution is -2.49. The van der Waals surface area contributed by atoms with E-state index in [1.54, 1.807) is 38.1 Å². The molecule has 0 fully saturated rings. The Labute approximate surface area is 188 Å². The first kappa shape index (κ1) is 24.0. The first-order valence-electron chi connectivity index (χ1n) is 9.61. The third kappa shape index (κ3) is 5.40. The van der Waals surface area contributed by atoms with Gasteiger partial charge in [-0.25, -0.2) is 5.43 Å². The molecule has 3 aromatic rings. The Kier molecular flexibility index (Phi) is 6.59. The molecule has 0 aromatic heterocycles. The number of alkyl halides is 3. The highest BCUT2D eigenvalue weighted by atomic mass is 32.2. The first-order valence-corrected chi connectivity index (χ1v) is 11.0. The smallest absolute Gasteiger partial charge is 0.267 e. The summed E-state index contributed by atoms with van der Waals surface area (Å²) in [6.45, 7) is 3.56. The SMILES string of the molecule is Cc1ccc(C(=O)NN(C(=O)c2ccc(C)cc2)S(=O)(=O)c2ccc(C(F)(F)F)cc2)cc1. The van der Waals surface area contributed by atoms with Gasteiger partial charge in [0.1, 0.15) is 0 Å². The van der Waals surface area contributed by atoms with Crippen LogP contribution in [0.4, 0.5) is 13.2 Å². The van der Waals surface area contributed by atoms with Crippen LogP contribution in [0, 0.1) is 13.8 Å². The van der Waals surface area contributed by atoms with Crippen molar-refractivity contribution in [3.8, 4) is 0 Å². The topological polar surface area (TPSA) is 83.6 Å². The van der Waals surface area contributed by atoms with Crippen molar-refractivity contribution in [3.05, 3.63) is 101 Å². The van der Waals surface area contributed by atoms with E-state index in [9.17, 15) is 31.2 Å². The second-order valence-electron chi connectivity index (χ2n) is 7.27. The molecule has 0 atom stereocenters. The Hall–Kier alpha value is -3.66. The lowest BCUT2D eigenvalue weighted by Gasteiger charge is -2.23. The number of nitrogens with one attached hydrogen (secondary N) is 1. The normalized spacial score (nSPS) is 11.7. The summed E-state index contributed by atoms with van der Waals surface area (Å²) < 4.78 is 65.2. The van der Waals surface area contributed by atoms with Gasteiger partial charge in [0.05, 0.1) is 10.5 Å². The minimum Gasteiger partial charge on any atom is -0.267 e. The molecule has 6 nitrogen and oxygen atoms in total. The van der Waals surface area contributed by atoms with E-state index in [4.69, 9.17) is 0 Å². The van der Waals surface area contributed by atoms with Crippen LogP contribution in [-0.2, 0) is 16.2 Å². The quantitative estimate of drug-likeness (QED) is 0.562. The molecule has 0 bridgehead atoms. The maximum atomic E-state index is 13.2. The summed E-state index contributed by atoms with van der Waals surface area (Å²) in [4.78, 5) is 25.2. The Bertz CT molecular complexity index is 1270. The molecule has 1 N–H and O–H groups in total. The summed E-state index contributed by atoms with van der Waals surface area (Å²) >= 11 is 0. The monoisotopic (exact) mass is 476 g/mol. The van der Waals surface area contributed by atoms with Gasteiger partial charge in [-0.15, -0.1) is 4.41 Å². The van der Waals surface area contributed by atoms with Gasteiger partial charge in [-0.05, 0) is 62.4 Å². The molecule has 0 heterocycles. The van der Waals surface area contributed by atoms with E-state index < -0.39 is 38.5 Å². The van der Waals surface area contributed by atoms with Crippen molar-refractivity contribution >= 4 is 21.8 Å². The van der Waals surface area contributed by atoms with Gasteiger partial charge in [0.25, 0.3) is 21.8 Å². The summed E-state index contributed by atoms with van der Waals surface area (Å²) in [5.74, 6) is -1.96. The zero-order valence-corrected chi connectivity index (χ0v) is 18.4. The lowest BCUT2D eigenvalue weighted by molar-refractivity contribution is -0.137. The van der Waals surface area contributed by atoms with Crippen molar-refractivity contribution in [1.29, 1.82) is 0 Å². The van der Waals surface area contributed by atoms with Crippen molar-refractivity contribution in [2.45, 2.75) is 24.9 Å². The highest BCUT2D eigenvalue weighted by Crippen LogP contribution is 2.30. The largest absolute Gasteiger partial charge is 0.416 e. The van der Waals surface area contributed by atoms with E-state index in [0.717, 1.165) is 23.3 Å². The molecule has 0 aliphatic heterocycles. The number of sulfonamides is 1. The maximum Gasteiger partial charge on any atom is 0.416 e. The van der Waals surface area contributed by atoms with Crippen LogP contribution in [0.25, 0.3) is 0 Å². The molecule has 3 rings (SSSR count). The molecular weight excluding hydrogens is 457 g/mol. The zero-order valence-electron chi connectivity index (χ0n) is 17.6. The third-order valence-electron chi connectivity index (χ3n) is 4.72. The fourth-order valence-corrected chi connectivity index (χ4v) is 4.03. The average molecular weight is 476 g/mol. The fourth-order valence-electron chi connectivity index (χ4n) is 2.82. The van der Waals surface area contributed by atoms with E-state index >= 15 is 0 Å². The molecule has 3 aromatic carbocycles. The second-order valence-corrected chi connectivity index (χ2v) is 9.06. The number of hydrogen-bond donors (Lipinski definition) is 1. The number of nitrogens with zero attached hydrogens (tertiary/aromatic N) is 1. The number of rotatable bonds is 4. The van der Waals surface area contributed by atoms with E-state index in [1.165, 1.54) is 24.3 Å². The summed E-state index contributed by atoms with van der Waals surface area (Å²) in [5, 5.41) is 0. The van der Waals surface area contributed by atoms with E-state index in [0.29, 0.717) is 12.1 Å². The Morgan fingerprint density at radius 2 is 1.21 bits per heavy atom. The fraction of sp³-hybridized carbons (Fsp3) is 0.130. The molecule has 0 saturated carbocycles. The van der Waals surface area contributed by atoms with Gasteiger partial charge in [-0.3, -0.25) is 9.59 Å². The molecule has 0 unspecified atom stereocenters. The number of carbonyl (C=O) groups is 2. The highest BCUT2D eigenvalue weighted by Gasteiger charge is 2.34. The Morgan fingerprint density at radius 1 is 0.758 bits per heavy atom. The van der Waals surface area contributed by atoms with Gasteiger partial charge in [0, 0.05) is 11.1 Å². The van der Waals surface area contributed by atoms with Crippen molar-refractivity contribution in [2.24, 2.45) is 0 Å². The lowest BCUT2D eigenvalue weighted by atomic mass is 10.1. The third-order valence-corrected chi connectivity index (χ3v) is 6.33. The minimum atomic E-state index is -4.75. The number of hydrazine groups is 1. The van der Waals surface area contributed by atoms with Crippen LogP contribution < -0.4 is 5.43 Å². The standard InChI is InChI=1S/C23H19F3N2O4S/c1-15-3-7-17(8-4-15)21(29)27-28(22(30)18-9-5-16(2)6-10-18)33(31,32)20-13-11-19(12-14-20)23(24,25)26/h3-14H,1-2H3,(H,27,29). The van der Waals surface area contributed by atoms with Crippen molar-refractivity contribution in [2.75, 3.05) is 0 Å². The molecule has 0 aliphatic carbocycles. The van der Waals surface area contributed by atoms with Crippen LogP contribution in [0.2, 0.25) is 0 Å². The predicted octanol–water partition coefficient (Wildman–Crippen LogP) is 4.50. The van der Waals surface area contributed by atoms with Gasteiger partial charge in [-0.2, -0.15) is 21.6 Å². The van der Waals surface area contributed by atoms with E-state index in [2.05, 4.69) is 5.43 Å². The molecule has 0 saturated heterocycles. The summed E-state index contributed by atoms with van der Waals surface area (Å²) in [6.07, 6.45) is -4.67. The average Bonchev–Trinajstić information content (AvgIpc) is 2.77. The van der Waals surface area contributed by atoms with E-state index in [-0.39, 0.29) is 15.5 Å². The number of benzene rings is 3. The van der Waals surface area contributed by atoms with Crippen molar-refractivity contribution in [1.82, 2.24) is 9.84 Å². The maximum absolute atomic E-state index is 13.2. The number of amides is 2. The van der Waals surface area contributed by atoms with Crippen LogP contribution in [-0.4, -0.2) is 24.6 Å². The molecule has 172 valence electrons. The molecule has 0 radical (unpaired) electrons. The van der Waals surface area contributed by atoms with Gasteiger partial charge in [0.15, 0.2) is 0 Å². The van der Waals surface area contributed by atoms with Gasteiger partial charge in [-0.1, -0.05) is 35.4 Å². The van der Waals surface area contributed by atoms with Crippen molar-refractivity contribution < 1.29 is 31.2 Å². The molecule has 10 heteroatoms. The molecule has 2 amide bonds. The molecule has 0 aliphatic rings. The number of hydrogen-bond acceptors (Lipinski definition) is 4. The van der Waals surface area contributed by atoms with Crippen molar-refractivity contribution in [3.63, 3.8) is 0 Å². The highest BCUT2D eigenvalue weighted by molar-refractivity contribution is 7.89. The summed E-state index contributed by atoms with van der Waals surface area (Å²) in [5.41, 5.74) is 2.75. The molecular formula is C23H19F3N2O4S. The zero-order chi connectivity index (χ0) is 24.4.